The number of nitro benzene ring substituents is 1. The van der Waals surface area contributed by atoms with Crippen molar-refractivity contribution in [1.29, 1.82) is 0 Å². The Kier molecular flexibility index (Phi) is 5.24. The van der Waals surface area contributed by atoms with Gasteiger partial charge in [0, 0.05) is 42.5 Å². The van der Waals surface area contributed by atoms with Crippen molar-refractivity contribution in [3.8, 4) is 5.69 Å². The number of hydrogen-bond donors (Lipinski definition) is 2. The molecular weight excluding hydrogens is 390 g/mol. The molecule has 0 unspecified atom stereocenters. The molecule has 0 aliphatic carbocycles. The number of nitrogens with one attached hydrogen (secondary N) is 1. The second-order valence-electron chi connectivity index (χ2n) is 6.62. The lowest BCUT2D eigenvalue weighted by atomic mass is 10.0. The first-order chi connectivity index (χ1) is 14.1. The Morgan fingerprint density at radius 2 is 1.97 bits per heavy atom. The molecule has 29 heavy (non-hydrogen) atoms. The summed E-state index contributed by atoms with van der Waals surface area (Å²) in [5.41, 5.74) is 2.63. The molecule has 1 fully saturated rings. The first kappa shape index (κ1) is 19.0. The molecule has 2 N–H and O–H groups in total. The van der Waals surface area contributed by atoms with Crippen molar-refractivity contribution in [2.75, 3.05) is 13.2 Å². The highest BCUT2D eigenvalue weighted by atomic mass is 32.1. The summed E-state index contributed by atoms with van der Waals surface area (Å²) in [6, 6.07) is 15.6. The number of thiocarbonyl (C=S) groups is 1. The number of pyridine rings is 1. The van der Waals surface area contributed by atoms with Gasteiger partial charge in [0.2, 0.25) is 0 Å². The molecule has 1 aromatic carbocycles. The van der Waals surface area contributed by atoms with Gasteiger partial charge in [-0.1, -0.05) is 6.07 Å². The van der Waals surface area contributed by atoms with E-state index in [-0.39, 0.29) is 24.4 Å². The number of nitrogens with zero attached hydrogens (tertiary/aromatic N) is 4. The van der Waals surface area contributed by atoms with E-state index in [0.29, 0.717) is 11.7 Å². The number of hydrogen-bond acceptors (Lipinski definition) is 5. The monoisotopic (exact) mass is 409 g/mol. The Balaban J connectivity index is 1.77. The molecule has 0 bridgehead atoms. The van der Waals surface area contributed by atoms with Crippen molar-refractivity contribution in [2.24, 2.45) is 0 Å². The van der Waals surface area contributed by atoms with Crippen molar-refractivity contribution in [3.05, 3.63) is 88.5 Å². The minimum Gasteiger partial charge on any atom is -0.395 e. The first-order valence-electron chi connectivity index (χ1n) is 9.11. The molecule has 0 radical (unpaired) electrons. The van der Waals surface area contributed by atoms with Crippen molar-refractivity contribution < 1.29 is 10.0 Å². The van der Waals surface area contributed by atoms with Crippen LogP contribution in [0.3, 0.4) is 0 Å². The number of β-amino-alcohol motifs (C(OH)–C–C–N with tert-alkyl or cyclic N) is 1. The standard InChI is InChI=1S/C20H19N5O3S/c26-13-12-24-19(18(22-20(24)29)16-4-1-2-10-21-16)17-5-3-11-23(17)14-6-8-15(9-7-14)25(27)28/h1-11,18-19,26H,12-13H2,(H,22,29)/t18-,19-/m0/s1. The van der Waals surface area contributed by atoms with E-state index in [9.17, 15) is 15.2 Å². The quantitative estimate of drug-likeness (QED) is 0.367. The summed E-state index contributed by atoms with van der Waals surface area (Å²) in [4.78, 5) is 17.0. The molecule has 148 valence electrons. The number of nitro groups is 1. The minimum absolute atomic E-state index is 0.0362. The molecule has 2 atom stereocenters. The summed E-state index contributed by atoms with van der Waals surface area (Å²) in [6.45, 7) is 0.344. The molecule has 1 saturated heterocycles. The fourth-order valence-electron chi connectivity index (χ4n) is 3.68. The second-order valence-corrected chi connectivity index (χ2v) is 7.01. The molecule has 4 rings (SSSR count). The Bertz CT molecular complexity index is 1020. The van der Waals surface area contributed by atoms with Crippen molar-refractivity contribution in [3.63, 3.8) is 0 Å². The van der Waals surface area contributed by atoms with E-state index in [1.807, 2.05) is 46.0 Å². The van der Waals surface area contributed by atoms with Crippen molar-refractivity contribution >= 4 is 23.0 Å². The normalized spacial score (nSPS) is 18.7. The van der Waals surface area contributed by atoms with Crippen LogP contribution in [0.5, 0.6) is 0 Å². The maximum absolute atomic E-state index is 11.0. The van der Waals surface area contributed by atoms with Crippen LogP contribution in [0.1, 0.15) is 23.5 Å². The number of aromatic nitrogens is 2. The zero-order chi connectivity index (χ0) is 20.4. The maximum atomic E-state index is 11.0. The first-order valence-corrected chi connectivity index (χ1v) is 9.52. The third kappa shape index (κ3) is 3.57. The van der Waals surface area contributed by atoms with E-state index in [0.717, 1.165) is 17.1 Å². The summed E-state index contributed by atoms with van der Waals surface area (Å²) >= 11 is 5.53. The van der Waals surface area contributed by atoms with Gasteiger partial charge in [0.15, 0.2) is 5.11 Å². The predicted molar refractivity (Wildman–Crippen MR) is 112 cm³/mol. The molecule has 9 heteroatoms. The summed E-state index contributed by atoms with van der Waals surface area (Å²) < 4.78 is 1.98. The number of benzene rings is 1. The van der Waals surface area contributed by atoms with Crippen LogP contribution in [0.2, 0.25) is 0 Å². The number of aliphatic hydroxyl groups excluding tert-OH is 1. The average Bonchev–Trinajstić information content (AvgIpc) is 3.34. The van der Waals surface area contributed by atoms with E-state index in [4.69, 9.17) is 12.2 Å². The van der Waals surface area contributed by atoms with Crippen LogP contribution in [-0.2, 0) is 0 Å². The highest BCUT2D eigenvalue weighted by molar-refractivity contribution is 7.80. The van der Waals surface area contributed by atoms with Gasteiger partial charge in [0.05, 0.1) is 29.3 Å². The molecule has 0 amide bonds. The van der Waals surface area contributed by atoms with Gasteiger partial charge >= 0.3 is 0 Å². The molecule has 1 aliphatic rings. The number of non-ortho nitro benzene ring substituents is 1. The van der Waals surface area contributed by atoms with Crippen LogP contribution in [0.25, 0.3) is 5.69 Å². The van der Waals surface area contributed by atoms with E-state index in [2.05, 4.69) is 10.3 Å². The molecule has 1 aliphatic heterocycles. The van der Waals surface area contributed by atoms with Crippen LogP contribution in [0, 0.1) is 10.1 Å². The van der Waals surface area contributed by atoms with Crippen LogP contribution < -0.4 is 5.32 Å². The molecule has 8 nitrogen and oxygen atoms in total. The summed E-state index contributed by atoms with van der Waals surface area (Å²) in [7, 11) is 0. The Morgan fingerprint density at radius 3 is 2.62 bits per heavy atom. The lowest BCUT2D eigenvalue weighted by molar-refractivity contribution is -0.384. The summed E-state index contributed by atoms with van der Waals surface area (Å²) in [5, 5.41) is 24.4. The molecule has 3 heterocycles. The molecular formula is C20H19N5O3S. The van der Waals surface area contributed by atoms with E-state index in [1.165, 1.54) is 12.1 Å². The van der Waals surface area contributed by atoms with Gasteiger partial charge in [0.25, 0.3) is 5.69 Å². The molecule has 2 aromatic heterocycles. The Morgan fingerprint density at radius 1 is 1.17 bits per heavy atom. The zero-order valence-corrected chi connectivity index (χ0v) is 16.2. The van der Waals surface area contributed by atoms with Gasteiger partial charge in [-0.3, -0.25) is 15.1 Å². The average molecular weight is 409 g/mol. The van der Waals surface area contributed by atoms with Crippen molar-refractivity contribution in [2.45, 2.75) is 12.1 Å². The smallest absolute Gasteiger partial charge is 0.269 e. The minimum atomic E-state index is -0.417. The van der Waals surface area contributed by atoms with Gasteiger partial charge in [-0.2, -0.15) is 0 Å². The lowest BCUT2D eigenvalue weighted by Gasteiger charge is -2.28. The third-order valence-corrected chi connectivity index (χ3v) is 5.31. The van der Waals surface area contributed by atoms with Crippen molar-refractivity contribution in [1.82, 2.24) is 19.8 Å². The maximum Gasteiger partial charge on any atom is 0.269 e. The van der Waals surface area contributed by atoms with Gasteiger partial charge in [-0.05, 0) is 48.6 Å². The SMILES string of the molecule is O=[N+]([O-])c1ccc(-n2cccc2[C@H]2[C@H](c3ccccn3)NC(=S)N2CCO)cc1. The molecule has 3 aromatic rings. The highest BCUT2D eigenvalue weighted by Gasteiger charge is 2.40. The van der Waals surface area contributed by atoms with E-state index >= 15 is 0 Å². The number of aliphatic hydroxyl groups is 1. The Hall–Kier alpha value is -3.30. The topological polar surface area (TPSA) is 96.5 Å². The van der Waals surface area contributed by atoms with Gasteiger partial charge in [-0.25, -0.2) is 0 Å². The molecule has 0 spiro atoms. The Labute approximate surface area is 172 Å². The highest BCUT2D eigenvalue weighted by Crippen LogP contribution is 2.39. The van der Waals surface area contributed by atoms with Gasteiger partial charge < -0.3 is 19.9 Å². The summed E-state index contributed by atoms with van der Waals surface area (Å²) in [6.07, 6.45) is 3.64. The fraction of sp³-hybridized carbons (Fsp3) is 0.200. The van der Waals surface area contributed by atoms with Crippen LogP contribution in [-0.4, -0.2) is 42.7 Å². The van der Waals surface area contributed by atoms with Gasteiger partial charge in [0.1, 0.15) is 0 Å². The zero-order valence-electron chi connectivity index (χ0n) is 15.4. The number of rotatable bonds is 6. The van der Waals surface area contributed by atoms with Gasteiger partial charge in [-0.15, -0.1) is 0 Å². The largest absolute Gasteiger partial charge is 0.395 e. The third-order valence-electron chi connectivity index (χ3n) is 4.96. The van der Waals surface area contributed by atoms with Crippen LogP contribution >= 0.6 is 12.2 Å². The van der Waals surface area contributed by atoms with E-state index in [1.54, 1.807) is 18.3 Å². The second kappa shape index (κ2) is 7.98. The fourth-order valence-corrected chi connectivity index (χ4v) is 4.01. The lowest BCUT2D eigenvalue weighted by Crippen LogP contribution is -2.32. The van der Waals surface area contributed by atoms with Crippen LogP contribution in [0.15, 0.2) is 67.0 Å². The van der Waals surface area contributed by atoms with Crippen LogP contribution in [0.4, 0.5) is 5.69 Å². The van der Waals surface area contributed by atoms with E-state index < -0.39 is 4.92 Å². The predicted octanol–water partition coefficient (Wildman–Crippen LogP) is 2.75. The molecule has 0 saturated carbocycles. The summed E-state index contributed by atoms with van der Waals surface area (Å²) in [5.74, 6) is 0.